The topological polar surface area (TPSA) is 38.0 Å². The Labute approximate surface area is 128 Å². The first-order valence-electron chi connectivity index (χ1n) is 8.74. The van der Waals surface area contributed by atoms with Crippen LogP contribution in [0.3, 0.4) is 0 Å². The zero-order valence-electron chi connectivity index (χ0n) is 13.3. The second-order valence-corrected chi connectivity index (χ2v) is 8.05. The third-order valence-corrected chi connectivity index (χ3v) is 6.31. The predicted octanol–water partition coefficient (Wildman–Crippen LogP) is 3.68. The molecule has 3 saturated carbocycles. The van der Waals surface area contributed by atoms with E-state index in [2.05, 4.69) is 43.5 Å². The molecule has 1 aromatic rings. The van der Waals surface area contributed by atoms with Gasteiger partial charge in [0, 0.05) is 6.04 Å². The van der Waals surface area contributed by atoms with Crippen LogP contribution in [0.1, 0.15) is 50.3 Å². The normalized spacial score (nSPS) is 37.8. The zero-order valence-corrected chi connectivity index (χ0v) is 13.3. The van der Waals surface area contributed by atoms with E-state index < -0.39 is 0 Å². The van der Waals surface area contributed by atoms with Gasteiger partial charge in [0.1, 0.15) is 0 Å². The van der Waals surface area contributed by atoms with Crippen LogP contribution in [0.5, 0.6) is 0 Å². The second kappa shape index (κ2) is 5.10. The summed E-state index contributed by atoms with van der Waals surface area (Å²) in [6, 6.07) is 9.50. The summed E-state index contributed by atoms with van der Waals surface area (Å²) in [6.45, 7) is 4.57. The SMILES string of the molecule is CC(C)Cc1cccc(C(NN)C2C3C4CCC(C4)C32)c1. The molecule has 0 aromatic heterocycles. The van der Waals surface area contributed by atoms with Crippen molar-refractivity contribution < 1.29 is 0 Å². The Hall–Kier alpha value is -0.860. The summed E-state index contributed by atoms with van der Waals surface area (Å²) in [5, 5.41) is 0. The highest BCUT2D eigenvalue weighted by Crippen LogP contribution is 2.72. The highest BCUT2D eigenvalue weighted by atomic mass is 15.2. The van der Waals surface area contributed by atoms with Gasteiger partial charge in [0.15, 0.2) is 0 Å². The number of nitrogens with one attached hydrogen (secondary N) is 1. The van der Waals surface area contributed by atoms with Gasteiger partial charge in [-0.2, -0.15) is 0 Å². The fraction of sp³-hybridized carbons (Fsp3) is 0.684. The summed E-state index contributed by atoms with van der Waals surface area (Å²) in [5.74, 6) is 11.4. The molecule has 2 nitrogen and oxygen atoms in total. The second-order valence-electron chi connectivity index (χ2n) is 8.05. The fourth-order valence-corrected chi connectivity index (χ4v) is 5.65. The molecule has 2 bridgehead atoms. The van der Waals surface area contributed by atoms with E-state index in [9.17, 15) is 0 Å². The van der Waals surface area contributed by atoms with Crippen molar-refractivity contribution in [3.05, 3.63) is 35.4 Å². The lowest BCUT2D eigenvalue weighted by Gasteiger charge is -2.21. The van der Waals surface area contributed by atoms with E-state index >= 15 is 0 Å². The monoisotopic (exact) mass is 284 g/mol. The van der Waals surface area contributed by atoms with E-state index in [0.29, 0.717) is 12.0 Å². The van der Waals surface area contributed by atoms with E-state index in [1.807, 2.05) is 0 Å². The Morgan fingerprint density at radius 3 is 2.52 bits per heavy atom. The van der Waals surface area contributed by atoms with Crippen molar-refractivity contribution in [3.63, 3.8) is 0 Å². The van der Waals surface area contributed by atoms with Crippen LogP contribution in [0.15, 0.2) is 24.3 Å². The molecule has 2 heteroatoms. The molecule has 21 heavy (non-hydrogen) atoms. The first kappa shape index (κ1) is 13.8. The van der Waals surface area contributed by atoms with Gasteiger partial charge in [0.25, 0.3) is 0 Å². The molecule has 0 amide bonds. The van der Waals surface area contributed by atoms with E-state index in [4.69, 9.17) is 5.84 Å². The van der Waals surface area contributed by atoms with Crippen LogP contribution in [0, 0.1) is 35.5 Å². The van der Waals surface area contributed by atoms with Crippen molar-refractivity contribution in [3.8, 4) is 0 Å². The number of nitrogens with two attached hydrogens (primary N) is 1. The highest BCUT2D eigenvalue weighted by Gasteiger charge is 2.66. The number of hydrogen-bond acceptors (Lipinski definition) is 2. The Kier molecular flexibility index (Phi) is 3.35. The minimum Gasteiger partial charge on any atom is -0.271 e. The fourth-order valence-electron chi connectivity index (χ4n) is 5.65. The van der Waals surface area contributed by atoms with Crippen LogP contribution in [0.25, 0.3) is 0 Å². The van der Waals surface area contributed by atoms with Crippen molar-refractivity contribution in [2.75, 3.05) is 0 Å². The van der Waals surface area contributed by atoms with E-state index in [0.717, 1.165) is 36.0 Å². The molecule has 5 unspecified atom stereocenters. The van der Waals surface area contributed by atoms with Gasteiger partial charge in [-0.15, -0.1) is 0 Å². The molecular weight excluding hydrogens is 256 g/mol. The minimum absolute atomic E-state index is 0.371. The van der Waals surface area contributed by atoms with Crippen LogP contribution >= 0.6 is 0 Å². The Bertz CT molecular complexity index is 508. The summed E-state index contributed by atoms with van der Waals surface area (Å²) in [6.07, 6.45) is 5.63. The molecule has 3 N–H and O–H groups in total. The van der Waals surface area contributed by atoms with E-state index in [-0.39, 0.29) is 0 Å². The molecule has 3 aliphatic carbocycles. The molecule has 0 heterocycles. The van der Waals surface area contributed by atoms with Crippen LogP contribution in [0.4, 0.5) is 0 Å². The summed E-state index contributed by atoms with van der Waals surface area (Å²) < 4.78 is 0. The van der Waals surface area contributed by atoms with Crippen LogP contribution in [0.2, 0.25) is 0 Å². The number of benzene rings is 1. The van der Waals surface area contributed by atoms with Crippen molar-refractivity contribution in [2.24, 2.45) is 41.4 Å². The Balaban J connectivity index is 1.54. The molecule has 0 aliphatic heterocycles. The van der Waals surface area contributed by atoms with Gasteiger partial charge >= 0.3 is 0 Å². The first-order chi connectivity index (χ1) is 10.2. The van der Waals surface area contributed by atoms with Gasteiger partial charge in [-0.05, 0) is 72.3 Å². The van der Waals surface area contributed by atoms with Crippen molar-refractivity contribution in [2.45, 2.75) is 45.6 Å². The third kappa shape index (κ3) is 2.24. The van der Waals surface area contributed by atoms with Gasteiger partial charge < -0.3 is 0 Å². The van der Waals surface area contributed by atoms with Gasteiger partial charge in [-0.3, -0.25) is 11.3 Å². The summed E-state index contributed by atoms with van der Waals surface area (Å²) >= 11 is 0. The van der Waals surface area contributed by atoms with Gasteiger partial charge in [-0.25, -0.2) is 0 Å². The molecule has 0 radical (unpaired) electrons. The Morgan fingerprint density at radius 1 is 1.19 bits per heavy atom. The summed E-state index contributed by atoms with van der Waals surface area (Å²) in [7, 11) is 0. The number of hydrazine groups is 1. The third-order valence-electron chi connectivity index (χ3n) is 6.31. The zero-order chi connectivity index (χ0) is 14.6. The molecule has 3 fully saturated rings. The highest BCUT2D eigenvalue weighted by molar-refractivity contribution is 5.30. The molecule has 1 aromatic carbocycles. The van der Waals surface area contributed by atoms with Crippen LogP contribution < -0.4 is 11.3 Å². The minimum atomic E-state index is 0.371. The molecule has 0 spiro atoms. The number of hydrogen-bond donors (Lipinski definition) is 2. The van der Waals surface area contributed by atoms with Crippen LogP contribution in [-0.2, 0) is 6.42 Å². The number of rotatable bonds is 5. The quantitative estimate of drug-likeness (QED) is 0.639. The van der Waals surface area contributed by atoms with E-state index in [1.54, 1.807) is 0 Å². The predicted molar refractivity (Wildman–Crippen MR) is 86.3 cm³/mol. The maximum atomic E-state index is 5.96. The smallest absolute Gasteiger partial charge is 0.0493 e. The average Bonchev–Trinajstić information content (AvgIpc) is 2.88. The van der Waals surface area contributed by atoms with Gasteiger partial charge in [-0.1, -0.05) is 38.1 Å². The van der Waals surface area contributed by atoms with Crippen LogP contribution in [-0.4, -0.2) is 0 Å². The van der Waals surface area contributed by atoms with Crippen molar-refractivity contribution in [1.82, 2.24) is 5.43 Å². The maximum Gasteiger partial charge on any atom is 0.0493 e. The maximum absolute atomic E-state index is 5.96. The van der Waals surface area contributed by atoms with Gasteiger partial charge in [0.05, 0.1) is 0 Å². The summed E-state index contributed by atoms with van der Waals surface area (Å²) in [5.41, 5.74) is 6.02. The molecule has 4 rings (SSSR count). The molecule has 114 valence electrons. The van der Waals surface area contributed by atoms with Crippen molar-refractivity contribution in [1.29, 1.82) is 0 Å². The lowest BCUT2D eigenvalue weighted by atomic mass is 9.91. The molecule has 0 saturated heterocycles. The molecule has 3 aliphatic rings. The molecule has 5 atom stereocenters. The molecular formula is C19H28N2. The van der Waals surface area contributed by atoms with E-state index in [1.165, 1.54) is 30.4 Å². The first-order valence-corrected chi connectivity index (χ1v) is 8.74. The van der Waals surface area contributed by atoms with Crippen molar-refractivity contribution >= 4 is 0 Å². The van der Waals surface area contributed by atoms with Gasteiger partial charge in [0.2, 0.25) is 0 Å². The lowest BCUT2D eigenvalue weighted by Crippen LogP contribution is -2.31. The average molecular weight is 284 g/mol. The standard InChI is InChI=1S/C19H28N2/c1-11(2)8-12-4-3-5-15(9-12)19(21-20)18-16-13-6-7-14(10-13)17(16)18/h3-5,9,11,13-14,16-19,21H,6-8,10,20H2,1-2H3. The lowest BCUT2D eigenvalue weighted by molar-refractivity contribution is 0.374. The largest absolute Gasteiger partial charge is 0.271 e. The number of fused-ring (bicyclic) bond motifs is 5. The summed E-state index contributed by atoms with van der Waals surface area (Å²) in [4.78, 5) is 0. The Morgan fingerprint density at radius 2 is 1.90 bits per heavy atom.